The number of hydrogen-bond donors (Lipinski definition) is 2. The van der Waals surface area contributed by atoms with Gasteiger partial charge in [0.05, 0.1) is 10.8 Å². The summed E-state index contributed by atoms with van der Waals surface area (Å²) in [5.74, 6) is -0.501. The van der Waals surface area contributed by atoms with Crippen LogP contribution in [0.1, 0.15) is 54.7 Å². The van der Waals surface area contributed by atoms with E-state index in [-0.39, 0.29) is 0 Å². The van der Waals surface area contributed by atoms with E-state index in [0.29, 0.717) is 0 Å². The summed E-state index contributed by atoms with van der Waals surface area (Å²) in [5, 5.41) is 10.5. The van der Waals surface area contributed by atoms with Crippen LogP contribution in [-0.4, -0.2) is 58.1 Å². The molecule has 0 bridgehead atoms. The number of nitrogens with one attached hydrogen (secondary N) is 1. The summed E-state index contributed by atoms with van der Waals surface area (Å²) in [6.07, 6.45) is -2.97. The number of carbonyl (C=O) groups is 2. The Balaban J connectivity index is 2.24. The quantitative estimate of drug-likeness (QED) is 0.256. The minimum atomic E-state index is -4.33. The first-order valence-corrected chi connectivity index (χ1v) is 13.2. The van der Waals surface area contributed by atoms with Gasteiger partial charge in [-0.05, 0) is 54.5 Å². The lowest BCUT2D eigenvalue weighted by atomic mass is 9.98. The normalized spacial score (nSPS) is 24.5. The molecule has 214 valence electrons. The van der Waals surface area contributed by atoms with Crippen molar-refractivity contribution in [1.82, 2.24) is 9.55 Å². The Hall–Kier alpha value is -2.64. The smallest absolute Gasteiger partial charge is 0.359 e. The van der Waals surface area contributed by atoms with Gasteiger partial charge in [0, 0.05) is 18.1 Å². The van der Waals surface area contributed by atoms with Crippen LogP contribution in [-0.2, 0) is 37.4 Å². The van der Waals surface area contributed by atoms with E-state index in [2.05, 4.69) is 0 Å². The second kappa shape index (κ2) is 11.6. The maximum absolute atomic E-state index is 15.4. The molecule has 13 nitrogen and oxygen atoms in total. The zero-order valence-corrected chi connectivity index (χ0v) is 23.2. The molecule has 1 fully saturated rings. The number of hydrogen-bond acceptors (Lipinski definition) is 11. The summed E-state index contributed by atoms with van der Waals surface area (Å²) in [5.41, 5.74) is -5.96. The van der Waals surface area contributed by atoms with Crippen molar-refractivity contribution in [3.05, 3.63) is 45.0 Å². The summed E-state index contributed by atoms with van der Waals surface area (Å²) in [6.45, 7) is 8.94. The molecular formula is C23H34FN2O11P. The van der Waals surface area contributed by atoms with Crippen molar-refractivity contribution >= 4 is 19.5 Å². The molecule has 0 aromatic carbocycles. The molecule has 1 aromatic heterocycles. The fourth-order valence-corrected chi connectivity index (χ4v) is 4.00. The minimum absolute atomic E-state index is 0.663. The van der Waals surface area contributed by atoms with E-state index in [0.717, 1.165) is 35.6 Å². The van der Waals surface area contributed by atoms with E-state index in [9.17, 15) is 28.8 Å². The molecule has 0 amide bonds. The van der Waals surface area contributed by atoms with Crippen molar-refractivity contribution in [2.24, 2.45) is 10.8 Å². The number of nitrogens with zero attached hydrogens (tertiary/aromatic N) is 1. The van der Waals surface area contributed by atoms with Crippen molar-refractivity contribution in [1.29, 1.82) is 0 Å². The maximum atomic E-state index is 15.4. The van der Waals surface area contributed by atoms with E-state index in [1.54, 1.807) is 41.5 Å². The average molecular weight is 565 g/mol. The van der Waals surface area contributed by atoms with Crippen LogP contribution in [0, 0.1) is 10.8 Å². The predicted molar refractivity (Wildman–Crippen MR) is 130 cm³/mol. The third kappa shape index (κ3) is 7.93. The predicted octanol–water partition coefficient (Wildman–Crippen LogP) is 2.36. The standard InChI is InChI=1S/C23H34FN2O11P/c1-21(2,3)18(29)33-12-35-38(32,36-13-34-19(30)22(4,5)6)11-9-14-16(28)23(7,24)17(37-14)26-10-8-15(27)25-20(26)31/h8-11,14,16-17,28H,12-13H2,1-7H3,(H,25,27,31)/b11-9-/t14-,16?,17-,23-/m1/s1. The van der Waals surface area contributed by atoms with E-state index in [1.165, 1.54) is 0 Å². The number of rotatable bonds is 9. The van der Waals surface area contributed by atoms with Crippen molar-refractivity contribution in [3.63, 3.8) is 0 Å². The Morgan fingerprint density at radius 2 is 1.63 bits per heavy atom. The van der Waals surface area contributed by atoms with Crippen molar-refractivity contribution < 1.29 is 46.9 Å². The minimum Gasteiger partial charge on any atom is -0.438 e. The lowest BCUT2D eigenvalue weighted by Gasteiger charge is -2.24. The highest BCUT2D eigenvalue weighted by atomic mass is 31.2. The molecule has 0 radical (unpaired) electrons. The highest BCUT2D eigenvalue weighted by molar-refractivity contribution is 7.57. The van der Waals surface area contributed by atoms with Gasteiger partial charge in [0.1, 0.15) is 12.2 Å². The second-order valence-corrected chi connectivity index (χ2v) is 12.7. The number of ether oxygens (including phenoxy) is 3. The molecule has 2 heterocycles. The molecule has 1 aromatic rings. The van der Waals surface area contributed by atoms with Gasteiger partial charge in [-0.25, -0.2) is 9.18 Å². The highest BCUT2D eigenvalue weighted by Gasteiger charge is 2.54. The average Bonchev–Trinajstić information content (AvgIpc) is 3.00. The lowest BCUT2D eigenvalue weighted by Crippen LogP contribution is -2.43. The number of alkyl halides is 1. The number of aromatic amines is 1. The fourth-order valence-electron chi connectivity index (χ4n) is 2.98. The summed E-state index contributed by atoms with van der Waals surface area (Å²) >= 11 is 0. The van der Waals surface area contributed by atoms with Crippen molar-refractivity contribution in [3.8, 4) is 0 Å². The molecule has 1 saturated heterocycles. The molecule has 38 heavy (non-hydrogen) atoms. The van der Waals surface area contributed by atoms with Gasteiger partial charge in [-0.15, -0.1) is 0 Å². The van der Waals surface area contributed by atoms with Crippen LogP contribution in [0.4, 0.5) is 4.39 Å². The lowest BCUT2D eigenvalue weighted by molar-refractivity contribution is -0.161. The molecule has 4 atom stereocenters. The number of aromatic nitrogens is 2. The molecular weight excluding hydrogens is 530 g/mol. The number of esters is 2. The van der Waals surface area contributed by atoms with Crippen molar-refractivity contribution in [2.75, 3.05) is 13.6 Å². The monoisotopic (exact) mass is 564 g/mol. The highest BCUT2D eigenvalue weighted by Crippen LogP contribution is 2.51. The van der Waals surface area contributed by atoms with Gasteiger partial charge in [-0.1, -0.05) is 0 Å². The molecule has 15 heteroatoms. The first-order valence-electron chi connectivity index (χ1n) is 11.5. The number of aliphatic hydroxyl groups is 1. The SMILES string of the molecule is CC(C)(C)C(=O)OCOP(=O)(/C=C\[C@H]1O[C@@H](n2ccc(=O)[nH]c2=O)[C@](C)(F)C1O)OCOC(=O)C(C)(C)C. The van der Waals surface area contributed by atoms with Crippen LogP contribution in [0.15, 0.2) is 33.7 Å². The van der Waals surface area contributed by atoms with E-state index in [1.807, 2.05) is 4.98 Å². The first-order chi connectivity index (χ1) is 17.3. The third-order valence-corrected chi connectivity index (χ3v) is 6.76. The van der Waals surface area contributed by atoms with Gasteiger partial charge < -0.3 is 19.3 Å². The summed E-state index contributed by atoms with van der Waals surface area (Å²) in [4.78, 5) is 49.4. The molecule has 2 rings (SSSR count). The molecule has 1 aliphatic rings. The summed E-state index contributed by atoms with van der Waals surface area (Å²) in [6, 6.07) is 0.976. The van der Waals surface area contributed by atoms with E-state index in [4.69, 9.17) is 23.3 Å². The number of aliphatic hydroxyl groups excluding tert-OH is 1. The second-order valence-electron chi connectivity index (χ2n) is 10.8. The Bertz CT molecular complexity index is 1170. The zero-order valence-electron chi connectivity index (χ0n) is 22.3. The Morgan fingerprint density at radius 3 is 2.08 bits per heavy atom. The number of halogens is 1. The molecule has 2 N–H and O–H groups in total. The Labute approximate surface area is 218 Å². The molecule has 1 unspecified atom stereocenters. The first kappa shape index (κ1) is 31.6. The van der Waals surface area contributed by atoms with Gasteiger partial charge in [0.25, 0.3) is 5.56 Å². The van der Waals surface area contributed by atoms with Crippen LogP contribution >= 0.6 is 7.60 Å². The topological polar surface area (TPSA) is 172 Å². The maximum Gasteiger partial charge on any atom is 0.359 e. The molecule has 1 aliphatic heterocycles. The Morgan fingerprint density at radius 1 is 1.13 bits per heavy atom. The van der Waals surface area contributed by atoms with Crippen LogP contribution < -0.4 is 11.2 Å². The van der Waals surface area contributed by atoms with E-state index < -0.39 is 79.3 Å². The van der Waals surface area contributed by atoms with Crippen LogP contribution in [0.25, 0.3) is 0 Å². The summed E-state index contributed by atoms with van der Waals surface area (Å²) in [7, 11) is -4.33. The van der Waals surface area contributed by atoms with Gasteiger partial charge in [-0.2, -0.15) is 0 Å². The van der Waals surface area contributed by atoms with Crippen molar-refractivity contribution in [2.45, 2.75) is 72.6 Å². The molecule has 0 aliphatic carbocycles. The van der Waals surface area contributed by atoms with E-state index >= 15 is 4.39 Å². The third-order valence-electron chi connectivity index (χ3n) is 5.29. The van der Waals surface area contributed by atoms with Crippen LogP contribution in [0.2, 0.25) is 0 Å². The molecule has 0 saturated carbocycles. The molecule has 0 spiro atoms. The van der Waals surface area contributed by atoms with Gasteiger partial charge in [0.2, 0.25) is 13.6 Å². The van der Waals surface area contributed by atoms with Crippen LogP contribution in [0.3, 0.4) is 0 Å². The Kier molecular flexibility index (Phi) is 9.66. The zero-order chi connectivity index (χ0) is 29.1. The fraction of sp³-hybridized carbons (Fsp3) is 0.652. The van der Waals surface area contributed by atoms with Gasteiger partial charge >= 0.3 is 25.2 Å². The summed E-state index contributed by atoms with van der Waals surface area (Å²) < 4.78 is 55.1. The van der Waals surface area contributed by atoms with Gasteiger partial charge in [-0.3, -0.25) is 37.5 Å². The van der Waals surface area contributed by atoms with Crippen LogP contribution in [0.5, 0.6) is 0 Å². The van der Waals surface area contributed by atoms with Gasteiger partial charge in [0.15, 0.2) is 11.9 Å². The largest absolute Gasteiger partial charge is 0.438 e. The number of carbonyl (C=O) groups excluding carboxylic acids is 2. The number of H-pyrrole nitrogens is 1.